The van der Waals surface area contributed by atoms with Crippen molar-refractivity contribution in [3.63, 3.8) is 0 Å². The van der Waals surface area contributed by atoms with Gasteiger partial charge in [-0.25, -0.2) is 4.98 Å². The van der Waals surface area contributed by atoms with Crippen molar-refractivity contribution < 1.29 is 34.6 Å². The van der Waals surface area contributed by atoms with E-state index >= 15 is 0 Å². The number of nitrogens with zero attached hydrogens (tertiary/aromatic N) is 1. The second-order valence-electron chi connectivity index (χ2n) is 5.93. The summed E-state index contributed by atoms with van der Waals surface area (Å²) in [7, 11) is 4.46. The molecule has 0 spiro atoms. The van der Waals surface area contributed by atoms with Gasteiger partial charge >= 0.3 is 0 Å². The van der Waals surface area contributed by atoms with Gasteiger partial charge in [0.1, 0.15) is 5.15 Å². The first kappa shape index (κ1) is 22.3. The first-order chi connectivity index (χ1) is 9.63. The maximum Gasteiger partial charge on any atom is 0.130 e. The molecule has 1 aliphatic rings. The number of pyridine rings is 1. The summed E-state index contributed by atoms with van der Waals surface area (Å²) >= 11 is 7.83. The van der Waals surface area contributed by atoms with E-state index in [1.807, 2.05) is 23.9 Å². The summed E-state index contributed by atoms with van der Waals surface area (Å²) in [5.74, 6) is 0. The minimum Gasteiger partial charge on any atom is -1.00 e. The number of aromatic nitrogens is 1. The number of hydrogen-bond acceptors (Lipinski definition) is 2. The van der Waals surface area contributed by atoms with Gasteiger partial charge in [0, 0.05) is 24.5 Å². The Hall–Kier alpha value is 0.290. The fourth-order valence-corrected chi connectivity index (χ4v) is 4.02. The molecule has 0 saturated carbocycles. The molecule has 0 unspecified atom stereocenters. The van der Waals surface area contributed by atoms with Crippen LogP contribution >= 0.6 is 23.4 Å². The zero-order valence-corrected chi connectivity index (χ0v) is 16.3. The highest BCUT2D eigenvalue weighted by molar-refractivity contribution is 7.99. The Morgan fingerprint density at radius 2 is 1.95 bits per heavy atom. The molecule has 1 aliphatic heterocycles. The summed E-state index contributed by atoms with van der Waals surface area (Å²) in [6, 6.07) is 5.89. The quantitative estimate of drug-likeness (QED) is 0.476. The van der Waals surface area contributed by atoms with Crippen molar-refractivity contribution in [1.82, 2.24) is 4.98 Å². The monoisotopic (exact) mass is 385 g/mol. The van der Waals surface area contributed by atoms with Gasteiger partial charge in [-0.15, -0.1) is 11.8 Å². The van der Waals surface area contributed by atoms with E-state index in [2.05, 4.69) is 25.1 Å². The van der Waals surface area contributed by atoms with Gasteiger partial charge in [0.05, 0.1) is 45.3 Å². The smallest absolute Gasteiger partial charge is 0.130 e. The number of piperidine rings is 1. The van der Waals surface area contributed by atoms with Crippen LogP contribution < -0.4 is 34.6 Å². The van der Waals surface area contributed by atoms with E-state index < -0.39 is 0 Å². The van der Waals surface area contributed by atoms with Crippen molar-refractivity contribution in [2.24, 2.45) is 0 Å². The van der Waals surface area contributed by atoms with Gasteiger partial charge in [-0.1, -0.05) is 17.7 Å². The molecule has 7 heteroatoms. The molecular formula is C15H26Cl3N3S. The minimum absolute atomic E-state index is 0. The maximum atomic E-state index is 5.94. The highest BCUT2D eigenvalue weighted by atomic mass is 35.5. The average Bonchev–Trinajstić information content (AvgIpc) is 2.40. The Kier molecular flexibility index (Phi) is 11.9. The van der Waals surface area contributed by atoms with Crippen molar-refractivity contribution in [3.05, 3.63) is 23.4 Å². The summed E-state index contributed by atoms with van der Waals surface area (Å²) < 4.78 is 0. The van der Waals surface area contributed by atoms with Crippen LogP contribution in [-0.4, -0.2) is 50.5 Å². The molecule has 0 atom stereocenters. The Bertz CT molecular complexity index is 413. The molecule has 0 bridgehead atoms. The van der Waals surface area contributed by atoms with Gasteiger partial charge < -0.3 is 34.6 Å². The van der Waals surface area contributed by atoms with Gasteiger partial charge in [-0.2, -0.15) is 0 Å². The lowest BCUT2D eigenvalue weighted by Gasteiger charge is -2.28. The molecule has 3 nitrogen and oxygen atoms in total. The van der Waals surface area contributed by atoms with E-state index in [-0.39, 0.29) is 24.8 Å². The Morgan fingerprint density at radius 1 is 1.27 bits per heavy atom. The van der Waals surface area contributed by atoms with Crippen LogP contribution in [0.2, 0.25) is 5.15 Å². The molecule has 2 rings (SSSR count). The van der Waals surface area contributed by atoms with Crippen molar-refractivity contribution in [3.8, 4) is 0 Å². The van der Waals surface area contributed by atoms with E-state index in [9.17, 15) is 0 Å². The summed E-state index contributed by atoms with van der Waals surface area (Å²) in [6.45, 7) is 5.23. The van der Waals surface area contributed by atoms with Crippen molar-refractivity contribution in [2.75, 3.05) is 40.3 Å². The predicted molar refractivity (Wildman–Crippen MR) is 86.0 cm³/mol. The van der Waals surface area contributed by atoms with Crippen LogP contribution in [-0.2, 0) is 0 Å². The number of thioether (sulfide) groups is 1. The molecule has 1 fully saturated rings. The van der Waals surface area contributed by atoms with Gasteiger partial charge in [0.25, 0.3) is 0 Å². The summed E-state index contributed by atoms with van der Waals surface area (Å²) in [5.41, 5.74) is 0. The van der Waals surface area contributed by atoms with Crippen LogP contribution in [0.15, 0.2) is 23.2 Å². The first-order valence-electron chi connectivity index (χ1n) is 7.55. The van der Waals surface area contributed by atoms with Crippen LogP contribution in [0.5, 0.6) is 0 Å². The van der Waals surface area contributed by atoms with Crippen LogP contribution in [0.1, 0.15) is 19.3 Å². The molecule has 0 aromatic carbocycles. The van der Waals surface area contributed by atoms with E-state index in [0.717, 1.165) is 5.03 Å². The van der Waals surface area contributed by atoms with Crippen molar-refractivity contribution >= 4 is 23.4 Å². The molecule has 1 aromatic heterocycles. The SMILES string of the molecule is C[NH+](C)CCC[NH+]1CCC(Sc2cccc(Cl)n2)CC1.[Cl-].[Cl-]. The maximum absolute atomic E-state index is 5.94. The van der Waals surface area contributed by atoms with Crippen LogP contribution in [0.3, 0.4) is 0 Å². The third-order valence-electron chi connectivity index (χ3n) is 3.82. The van der Waals surface area contributed by atoms with Gasteiger partial charge in [0.15, 0.2) is 0 Å². The highest BCUT2D eigenvalue weighted by Gasteiger charge is 2.23. The summed E-state index contributed by atoms with van der Waals surface area (Å²) in [4.78, 5) is 7.71. The van der Waals surface area contributed by atoms with Crippen LogP contribution in [0.25, 0.3) is 0 Å². The van der Waals surface area contributed by atoms with Crippen LogP contribution in [0, 0.1) is 0 Å². The van der Waals surface area contributed by atoms with Gasteiger partial charge in [-0.05, 0) is 12.1 Å². The number of nitrogens with one attached hydrogen (secondary N) is 2. The number of hydrogen-bond donors (Lipinski definition) is 2. The third kappa shape index (κ3) is 8.23. The number of quaternary nitrogens is 2. The molecular weight excluding hydrogens is 361 g/mol. The standard InChI is InChI=1S/C15H24ClN3S.2ClH/c1-18(2)9-4-10-19-11-7-13(8-12-19)20-15-6-3-5-14(16)17-15;;/h3,5-6,13H,4,7-12H2,1-2H3;2*1H. The summed E-state index contributed by atoms with van der Waals surface area (Å²) in [5, 5.41) is 2.38. The lowest BCUT2D eigenvalue weighted by molar-refractivity contribution is -0.912. The molecule has 2 heterocycles. The zero-order valence-electron chi connectivity index (χ0n) is 13.2. The van der Waals surface area contributed by atoms with E-state index in [1.54, 1.807) is 9.80 Å². The van der Waals surface area contributed by atoms with Gasteiger partial charge in [0.2, 0.25) is 0 Å². The molecule has 22 heavy (non-hydrogen) atoms. The fourth-order valence-electron chi connectivity index (χ4n) is 2.69. The second kappa shape index (κ2) is 11.8. The van der Waals surface area contributed by atoms with Crippen LogP contribution in [0.4, 0.5) is 0 Å². The largest absolute Gasteiger partial charge is 1.00 e. The third-order valence-corrected chi connectivity index (χ3v) is 5.31. The second-order valence-corrected chi connectivity index (χ2v) is 7.63. The lowest BCUT2D eigenvalue weighted by Crippen LogP contribution is -3.14. The first-order valence-corrected chi connectivity index (χ1v) is 8.81. The van der Waals surface area contributed by atoms with Gasteiger partial charge in [-0.3, -0.25) is 0 Å². The summed E-state index contributed by atoms with van der Waals surface area (Å²) in [6.07, 6.45) is 3.93. The normalized spacial score (nSPS) is 21.1. The van der Waals surface area contributed by atoms with Crippen molar-refractivity contribution in [2.45, 2.75) is 29.5 Å². The number of halogens is 3. The Balaban J connectivity index is 0.00000220. The molecule has 1 aromatic rings. The molecule has 1 saturated heterocycles. The lowest BCUT2D eigenvalue weighted by atomic mass is 10.1. The Morgan fingerprint density at radius 3 is 2.55 bits per heavy atom. The number of rotatable bonds is 6. The molecule has 2 N–H and O–H groups in total. The highest BCUT2D eigenvalue weighted by Crippen LogP contribution is 2.27. The topological polar surface area (TPSA) is 21.8 Å². The molecule has 128 valence electrons. The zero-order chi connectivity index (χ0) is 14.4. The average molecular weight is 387 g/mol. The number of likely N-dealkylation sites (tertiary alicyclic amines) is 1. The minimum atomic E-state index is 0. The predicted octanol–water partition coefficient (Wildman–Crippen LogP) is -5.58. The fraction of sp³-hybridized carbons (Fsp3) is 0.667. The molecule has 0 amide bonds. The molecule has 0 aliphatic carbocycles. The Labute approximate surface area is 156 Å². The van der Waals surface area contributed by atoms with E-state index in [0.29, 0.717) is 10.4 Å². The van der Waals surface area contributed by atoms with E-state index in [1.165, 1.54) is 45.4 Å². The molecule has 0 radical (unpaired) electrons. The van der Waals surface area contributed by atoms with E-state index in [4.69, 9.17) is 11.6 Å². The van der Waals surface area contributed by atoms with Crippen molar-refractivity contribution in [1.29, 1.82) is 0 Å².